The number of piperidine rings is 2. The van der Waals surface area contributed by atoms with Gasteiger partial charge in [0, 0.05) is 101 Å². The quantitative estimate of drug-likeness (QED) is 0.113. The Morgan fingerprint density at radius 2 is 1.11 bits per heavy atom. The highest BCUT2D eigenvalue weighted by Crippen LogP contribution is 2.33. The fourth-order valence-electron chi connectivity index (χ4n) is 8.19. The van der Waals surface area contributed by atoms with Crippen LogP contribution in [0, 0.1) is 11.8 Å². The molecular formula is C51H81ClN4O10. The van der Waals surface area contributed by atoms with Crippen molar-refractivity contribution in [3.8, 4) is 23.0 Å². The van der Waals surface area contributed by atoms with Crippen LogP contribution in [0.25, 0.3) is 0 Å². The van der Waals surface area contributed by atoms with Gasteiger partial charge in [0.1, 0.15) is 28.6 Å². The standard InChI is InChI=1S/C28H44N2O6.C23H36N2O4.ClH/c1-20(2)30(23-9-7-12-29(18-23)27(32)36-28(3,4)5)26(31)22-15-24(34-14-8-13-33-6)17-25(16-22)35-19-21-10-11-21;1-17(2)25(20-6-4-9-24-15-20)23(26)19-12-21(28-11-5-10-27-3)14-22(13-19)29-16-18-7-8-18;/h15-17,20-21,23H,7-14,18-19H2,1-6H3;12-14,17-18,20,24H,4-11,15-16H2,1-3H3;1H/t23-;20-;/m11./s1. The van der Waals surface area contributed by atoms with Crippen LogP contribution in [0.2, 0.25) is 0 Å². The van der Waals surface area contributed by atoms with Gasteiger partial charge in [0.25, 0.3) is 11.8 Å². The summed E-state index contributed by atoms with van der Waals surface area (Å²) in [6.45, 7) is 20.4. The molecule has 2 aliphatic heterocycles. The van der Waals surface area contributed by atoms with E-state index in [0.29, 0.717) is 92.9 Å². The Bertz CT molecular complexity index is 1790. The van der Waals surface area contributed by atoms with E-state index in [0.717, 1.165) is 57.4 Å². The van der Waals surface area contributed by atoms with Gasteiger partial charge in [-0.25, -0.2) is 4.79 Å². The molecule has 2 heterocycles. The molecule has 0 radical (unpaired) electrons. The Kier molecular flexibility index (Phi) is 22.5. The normalized spacial score (nSPS) is 18.4. The summed E-state index contributed by atoms with van der Waals surface area (Å²) in [5.41, 5.74) is 0.616. The van der Waals surface area contributed by atoms with Crippen LogP contribution in [-0.2, 0) is 14.2 Å². The third-order valence-electron chi connectivity index (χ3n) is 11.8. The van der Waals surface area contributed by atoms with E-state index in [1.165, 1.54) is 25.7 Å². The summed E-state index contributed by atoms with van der Waals surface area (Å²) >= 11 is 0. The Morgan fingerprint density at radius 3 is 1.52 bits per heavy atom. The number of carbonyl (C=O) groups excluding carboxylic acids is 3. The van der Waals surface area contributed by atoms with Crippen molar-refractivity contribution < 1.29 is 47.5 Å². The van der Waals surface area contributed by atoms with E-state index in [2.05, 4.69) is 19.2 Å². The number of benzene rings is 2. The van der Waals surface area contributed by atoms with Crippen LogP contribution in [-0.4, -0.2) is 142 Å². The zero-order chi connectivity index (χ0) is 46.9. The number of nitrogens with one attached hydrogen (secondary N) is 1. The zero-order valence-electron chi connectivity index (χ0n) is 41.4. The van der Waals surface area contributed by atoms with Crippen molar-refractivity contribution in [2.45, 2.75) is 142 Å². The maximum Gasteiger partial charge on any atom is 0.410 e. The third-order valence-corrected chi connectivity index (χ3v) is 11.8. The molecule has 66 heavy (non-hydrogen) atoms. The van der Waals surface area contributed by atoms with E-state index >= 15 is 0 Å². The average molecular weight is 946 g/mol. The van der Waals surface area contributed by atoms with E-state index in [1.54, 1.807) is 25.2 Å². The molecule has 4 fully saturated rings. The van der Waals surface area contributed by atoms with Crippen LogP contribution in [0.15, 0.2) is 36.4 Å². The highest BCUT2D eigenvalue weighted by atomic mass is 35.5. The molecule has 0 bridgehead atoms. The highest BCUT2D eigenvalue weighted by Gasteiger charge is 2.35. The number of hydrogen-bond acceptors (Lipinski definition) is 11. The van der Waals surface area contributed by atoms with Gasteiger partial charge in [0.15, 0.2) is 0 Å². The van der Waals surface area contributed by atoms with Crippen molar-refractivity contribution in [1.29, 1.82) is 0 Å². The molecule has 2 atom stereocenters. The number of ether oxygens (including phenoxy) is 7. The number of amides is 3. The first-order valence-corrected chi connectivity index (χ1v) is 24.3. The van der Waals surface area contributed by atoms with Crippen LogP contribution < -0.4 is 24.3 Å². The van der Waals surface area contributed by atoms with Crippen molar-refractivity contribution in [1.82, 2.24) is 20.0 Å². The van der Waals surface area contributed by atoms with Gasteiger partial charge in [-0.15, -0.1) is 12.4 Å². The molecule has 6 rings (SSSR count). The van der Waals surface area contributed by atoms with E-state index in [1.807, 2.05) is 74.8 Å². The number of rotatable bonds is 22. The smallest absolute Gasteiger partial charge is 0.410 e. The van der Waals surface area contributed by atoms with Crippen LogP contribution in [0.4, 0.5) is 4.79 Å². The van der Waals surface area contributed by atoms with Crippen molar-refractivity contribution in [3.05, 3.63) is 47.5 Å². The molecule has 2 aromatic rings. The average Bonchev–Trinajstić information content (AvgIpc) is 4.22. The zero-order valence-corrected chi connectivity index (χ0v) is 42.2. The SMILES string of the molecule is COCCCOc1cc(OCC2CC2)cc(C(=O)N(C(C)C)[C@@H]2CCCN(C(=O)OC(C)(C)C)C2)c1.COCCCOc1cc(OCC2CC2)cc(C(=O)N(C(C)C)[C@@H]2CCCNC2)c1.Cl. The number of carbonyl (C=O) groups is 3. The number of methoxy groups -OCH3 is 2. The topological polar surface area (TPSA) is 138 Å². The van der Waals surface area contributed by atoms with E-state index < -0.39 is 5.60 Å². The summed E-state index contributed by atoms with van der Waals surface area (Å²) in [6, 6.07) is 11.3. The first kappa shape index (κ1) is 54.6. The predicted octanol–water partition coefficient (Wildman–Crippen LogP) is 9.06. The fourth-order valence-corrected chi connectivity index (χ4v) is 8.19. The Morgan fingerprint density at radius 1 is 0.652 bits per heavy atom. The lowest BCUT2D eigenvalue weighted by Crippen LogP contribution is -2.54. The lowest BCUT2D eigenvalue weighted by molar-refractivity contribution is 0.00751. The molecule has 372 valence electrons. The van der Waals surface area contributed by atoms with Crippen molar-refractivity contribution in [2.75, 3.05) is 80.0 Å². The minimum Gasteiger partial charge on any atom is -0.493 e. The summed E-state index contributed by atoms with van der Waals surface area (Å²) in [6.07, 6.45) is 9.86. The minimum absolute atomic E-state index is 0. The molecule has 0 spiro atoms. The predicted molar refractivity (Wildman–Crippen MR) is 260 cm³/mol. The monoisotopic (exact) mass is 945 g/mol. The second-order valence-corrected chi connectivity index (χ2v) is 19.6. The Hall–Kier alpha value is -3.98. The molecule has 2 saturated heterocycles. The van der Waals surface area contributed by atoms with E-state index in [9.17, 15) is 14.4 Å². The van der Waals surface area contributed by atoms with Gasteiger partial charge in [-0.05, 0) is 142 Å². The Labute approximate surface area is 401 Å². The van der Waals surface area contributed by atoms with Crippen molar-refractivity contribution in [3.63, 3.8) is 0 Å². The van der Waals surface area contributed by atoms with Gasteiger partial charge in [0.2, 0.25) is 0 Å². The Balaban J connectivity index is 0.000000290. The molecule has 0 aromatic heterocycles. The van der Waals surface area contributed by atoms with E-state index in [-0.39, 0.29) is 54.5 Å². The number of likely N-dealkylation sites (tertiary alicyclic amines) is 1. The molecule has 2 aliphatic carbocycles. The second kappa shape index (κ2) is 27.1. The van der Waals surface area contributed by atoms with Crippen molar-refractivity contribution in [2.24, 2.45) is 11.8 Å². The molecule has 15 heteroatoms. The van der Waals surface area contributed by atoms with Gasteiger partial charge in [0.05, 0.1) is 32.5 Å². The molecule has 0 unspecified atom stereocenters. The van der Waals surface area contributed by atoms with Gasteiger partial charge in [-0.1, -0.05) is 0 Å². The largest absolute Gasteiger partial charge is 0.493 e. The molecule has 4 aliphatic rings. The summed E-state index contributed by atoms with van der Waals surface area (Å²) in [5, 5.41) is 3.42. The van der Waals surface area contributed by atoms with Crippen LogP contribution in [0.5, 0.6) is 23.0 Å². The number of nitrogens with zero attached hydrogens (tertiary/aromatic N) is 3. The first-order valence-electron chi connectivity index (χ1n) is 24.3. The second-order valence-electron chi connectivity index (χ2n) is 19.6. The summed E-state index contributed by atoms with van der Waals surface area (Å²) in [4.78, 5) is 45.7. The van der Waals surface area contributed by atoms with Gasteiger partial charge < -0.3 is 53.2 Å². The van der Waals surface area contributed by atoms with Gasteiger partial charge in [-0.3, -0.25) is 9.59 Å². The molecule has 1 N–H and O–H groups in total. The third kappa shape index (κ3) is 18.3. The summed E-state index contributed by atoms with van der Waals surface area (Å²) in [5.74, 6) is 3.89. The van der Waals surface area contributed by atoms with Crippen LogP contribution >= 0.6 is 12.4 Å². The maximum absolute atomic E-state index is 13.9. The molecule has 14 nitrogen and oxygen atoms in total. The molecular weight excluding hydrogens is 864 g/mol. The van der Waals surface area contributed by atoms with E-state index in [4.69, 9.17) is 33.2 Å². The van der Waals surface area contributed by atoms with Gasteiger partial charge in [-0.2, -0.15) is 0 Å². The lowest BCUT2D eigenvalue weighted by Gasteiger charge is -2.41. The lowest BCUT2D eigenvalue weighted by atomic mass is 10.0. The van der Waals surface area contributed by atoms with Gasteiger partial charge >= 0.3 is 6.09 Å². The van der Waals surface area contributed by atoms with Crippen LogP contribution in [0.3, 0.4) is 0 Å². The highest BCUT2D eigenvalue weighted by molar-refractivity contribution is 5.96. The fraction of sp³-hybridized carbons (Fsp3) is 0.706. The molecule has 2 aromatic carbocycles. The van der Waals surface area contributed by atoms with Crippen molar-refractivity contribution >= 4 is 30.3 Å². The molecule has 3 amide bonds. The summed E-state index contributed by atoms with van der Waals surface area (Å²) in [7, 11) is 3.35. The number of hydrogen-bond donors (Lipinski definition) is 1. The first-order chi connectivity index (χ1) is 31.1. The summed E-state index contributed by atoms with van der Waals surface area (Å²) < 4.78 is 39.7. The number of halogens is 1. The molecule has 2 saturated carbocycles. The minimum atomic E-state index is -0.557. The van der Waals surface area contributed by atoms with Crippen LogP contribution in [0.1, 0.15) is 133 Å². The maximum atomic E-state index is 13.9.